The third-order valence-electron chi connectivity index (χ3n) is 9.11. The first-order valence-electron chi connectivity index (χ1n) is 12.3. The molecule has 4 aromatic heterocycles. The van der Waals surface area contributed by atoms with E-state index in [2.05, 4.69) is 93.3 Å². The number of nitrogens with one attached hydrogen (secondary N) is 4. The molecule has 4 saturated carbocycles. The highest BCUT2D eigenvalue weighted by atomic mass is 14.8. The van der Waals surface area contributed by atoms with Crippen molar-refractivity contribution in [2.24, 2.45) is 22.7 Å². The number of hydrogen-bond donors (Lipinski definition) is 4. The predicted octanol–water partition coefficient (Wildman–Crippen LogP) is 6.55. The Kier molecular flexibility index (Phi) is 3.97. The van der Waals surface area contributed by atoms with Gasteiger partial charge in [0.2, 0.25) is 0 Å². The van der Waals surface area contributed by atoms with Crippen LogP contribution in [0.2, 0.25) is 0 Å². The zero-order valence-electron chi connectivity index (χ0n) is 18.5. The van der Waals surface area contributed by atoms with Crippen molar-refractivity contribution in [2.45, 2.75) is 50.4 Å². The summed E-state index contributed by atoms with van der Waals surface area (Å²) in [5.41, 5.74) is 6.11. The molecule has 0 saturated heterocycles. The van der Waals surface area contributed by atoms with Crippen LogP contribution >= 0.6 is 0 Å². The maximum Gasteiger partial charge on any atom is 0.0448 e. The number of H-pyrrole nitrogens is 4. The molecule has 0 unspecified atom stereocenters. The summed E-state index contributed by atoms with van der Waals surface area (Å²) in [6.45, 7) is 0. The van der Waals surface area contributed by atoms with Gasteiger partial charge in [-0.2, -0.15) is 0 Å². The third kappa shape index (κ3) is 2.68. The number of aromatic nitrogens is 4. The van der Waals surface area contributed by atoms with Crippen molar-refractivity contribution in [3.63, 3.8) is 0 Å². The highest BCUT2D eigenvalue weighted by molar-refractivity contribution is 5.34. The molecule has 8 rings (SSSR count). The van der Waals surface area contributed by atoms with Gasteiger partial charge in [0.15, 0.2) is 0 Å². The van der Waals surface area contributed by atoms with Crippen LogP contribution in [0, 0.1) is 22.7 Å². The van der Waals surface area contributed by atoms with E-state index in [-0.39, 0.29) is 0 Å². The molecule has 0 atom stereocenters. The zero-order chi connectivity index (χ0) is 21.2. The van der Waals surface area contributed by atoms with Gasteiger partial charge in [-0.3, -0.25) is 0 Å². The van der Waals surface area contributed by atoms with E-state index in [1.807, 2.05) is 0 Å². The Morgan fingerprint density at radius 2 is 0.906 bits per heavy atom. The predicted molar refractivity (Wildman–Crippen MR) is 126 cm³/mol. The summed E-state index contributed by atoms with van der Waals surface area (Å²) in [4.78, 5) is 14.5. The van der Waals surface area contributed by atoms with Crippen molar-refractivity contribution in [1.82, 2.24) is 19.9 Å². The lowest BCUT2D eigenvalue weighted by Gasteiger charge is -2.66. The number of hydrogen-bond acceptors (Lipinski definition) is 0. The summed E-state index contributed by atoms with van der Waals surface area (Å²) in [5, 5.41) is 0. The first-order valence-corrected chi connectivity index (χ1v) is 12.3. The van der Waals surface area contributed by atoms with Gasteiger partial charge in [-0.25, -0.2) is 0 Å². The molecule has 4 aliphatic rings. The van der Waals surface area contributed by atoms with Gasteiger partial charge in [0, 0.05) is 59.4 Å². The van der Waals surface area contributed by atoms with Crippen molar-refractivity contribution in [3.05, 3.63) is 96.1 Å². The Balaban J connectivity index is 1.38. The van der Waals surface area contributed by atoms with E-state index in [9.17, 15) is 0 Å². The van der Waals surface area contributed by atoms with Crippen molar-refractivity contribution in [2.75, 3.05) is 0 Å². The molecule has 0 spiro atoms. The van der Waals surface area contributed by atoms with Crippen LogP contribution in [-0.2, 0) is 0 Å². The monoisotopic (exact) mass is 424 g/mol. The second-order valence-electron chi connectivity index (χ2n) is 11.1. The maximum atomic E-state index is 3.62. The van der Waals surface area contributed by atoms with Crippen LogP contribution in [0.5, 0.6) is 0 Å². The van der Waals surface area contributed by atoms with Crippen LogP contribution in [0.25, 0.3) is 0 Å². The molecule has 4 bridgehead atoms. The summed E-state index contributed by atoms with van der Waals surface area (Å²) < 4.78 is 0. The molecule has 0 amide bonds. The van der Waals surface area contributed by atoms with Crippen molar-refractivity contribution in [3.8, 4) is 0 Å². The lowest BCUT2D eigenvalue weighted by molar-refractivity contribution is -0.125. The summed E-state index contributed by atoms with van der Waals surface area (Å²) in [7, 11) is 0. The first-order chi connectivity index (χ1) is 15.7. The molecule has 4 N–H and O–H groups in total. The van der Waals surface area contributed by atoms with Crippen LogP contribution in [0.15, 0.2) is 73.3 Å². The normalized spacial score (nSPS) is 31.2. The van der Waals surface area contributed by atoms with E-state index < -0.39 is 0 Å². The van der Waals surface area contributed by atoms with Gasteiger partial charge in [-0.15, -0.1) is 0 Å². The van der Waals surface area contributed by atoms with Crippen LogP contribution in [0.1, 0.15) is 73.1 Å². The largest absolute Gasteiger partial charge is 0.364 e. The van der Waals surface area contributed by atoms with Gasteiger partial charge in [0.1, 0.15) is 0 Å². The molecule has 4 heterocycles. The van der Waals surface area contributed by atoms with E-state index in [0.29, 0.717) is 22.7 Å². The molecule has 32 heavy (non-hydrogen) atoms. The smallest absolute Gasteiger partial charge is 0.0448 e. The fourth-order valence-electron chi connectivity index (χ4n) is 8.83. The zero-order valence-corrected chi connectivity index (χ0v) is 18.5. The molecule has 0 aromatic carbocycles. The molecule has 4 aromatic rings. The molecule has 4 nitrogen and oxygen atoms in total. The minimum atomic E-state index is 0.303. The van der Waals surface area contributed by atoms with Crippen molar-refractivity contribution >= 4 is 0 Å². The van der Waals surface area contributed by atoms with Crippen LogP contribution in [-0.4, -0.2) is 19.9 Å². The minimum absolute atomic E-state index is 0.303. The standard InChI is InChI=1S/C28H32N4/c1-5-21(29-9-1)25(22-6-2-10-30-22)27-14-19-13-20(15-27)17-28(16-19,18-27)26(23-7-3-11-31-23)24-8-4-12-32-24/h1-12,19-20,25-26,29-32H,13-18H2. The Labute approximate surface area is 189 Å². The number of aromatic amines is 4. The Hall–Kier alpha value is -2.88. The average Bonchev–Trinajstić information content (AvgIpc) is 3.57. The molecule has 4 heteroatoms. The SMILES string of the molecule is c1c[nH]c(C(c2ccc[nH]2)C23CC4CC(C2)CC(C(c2ccc[nH]2)c2ccc[nH]2)(C4)C3)c1. The summed E-state index contributed by atoms with van der Waals surface area (Å²) in [6.07, 6.45) is 16.5. The Bertz CT molecular complexity index is 978. The van der Waals surface area contributed by atoms with Crippen molar-refractivity contribution < 1.29 is 0 Å². The third-order valence-corrected chi connectivity index (χ3v) is 9.11. The minimum Gasteiger partial charge on any atom is -0.364 e. The van der Waals surface area contributed by atoms with Gasteiger partial charge in [-0.1, -0.05) is 0 Å². The Morgan fingerprint density at radius 1 is 0.562 bits per heavy atom. The van der Waals surface area contributed by atoms with E-state index in [0.717, 1.165) is 11.8 Å². The second kappa shape index (κ2) is 6.81. The molecular formula is C28H32N4. The highest BCUT2D eigenvalue weighted by Crippen LogP contribution is 2.73. The first kappa shape index (κ1) is 18.7. The van der Waals surface area contributed by atoms with Gasteiger partial charge < -0.3 is 19.9 Å². The lowest BCUT2D eigenvalue weighted by Crippen LogP contribution is -2.56. The van der Waals surface area contributed by atoms with E-state index in [4.69, 9.17) is 0 Å². The lowest BCUT2D eigenvalue weighted by atomic mass is 9.39. The molecule has 0 aliphatic heterocycles. The van der Waals surface area contributed by atoms with E-state index in [1.54, 1.807) is 0 Å². The summed E-state index contributed by atoms with van der Waals surface area (Å²) in [6, 6.07) is 17.9. The fraction of sp³-hybridized carbons (Fsp3) is 0.429. The summed E-state index contributed by atoms with van der Waals surface area (Å²) >= 11 is 0. The van der Waals surface area contributed by atoms with Crippen LogP contribution < -0.4 is 0 Å². The Morgan fingerprint density at radius 3 is 1.19 bits per heavy atom. The van der Waals surface area contributed by atoms with Crippen LogP contribution in [0.4, 0.5) is 0 Å². The van der Waals surface area contributed by atoms with Gasteiger partial charge >= 0.3 is 0 Å². The second-order valence-corrected chi connectivity index (χ2v) is 11.1. The fourth-order valence-corrected chi connectivity index (χ4v) is 8.83. The molecular weight excluding hydrogens is 392 g/mol. The topological polar surface area (TPSA) is 63.2 Å². The van der Waals surface area contributed by atoms with E-state index in [1.165, 1.54) is 61.3 Å². The molecule has 4 aliphatic carbocycles. The van der Waals surface area contributed by atoms with Gasteiger partial charge in [0.25, 0.3) is 0 Å². The van der Waals surface area contributed by atoms with Gasteiger partial charge in [-0.05, 0) is 110 Å². The van der Waals surface area contributed by atoms with Crippen LogP contribution in [0.3, 0.4) is 0 Å². The van der Waals surface area contributed by atoms with Gasteiger partial charge in [0.05, 0.1) is 0 Å². The average molecular weight is 425 g/mol. The molecule has 0 radical (unpaired) electrons. The maximum absolute atomic E-state index is 3.62. The highest BCUT2D eigenvalue weighted by Gasteiger charge is 2.63. The number of rotatable bonds is 6. The molecule has 164 valence electrons. The molecule has 4 fully saturated rings. The van der Waals surface area contributed by atoms with Crippen molar-refractivity contribution in [1.29, 1.82) is 0 Å². The summed E-state index contributed by atoms with van der Waals surface area (Å²) in [5.74, 6) is 2.48. The van der Waals surface area contributed by atoms with E-state index >= 15 is 0 Å². The quantitative estimate of drug-likeness (QED) is 0.271.